The highest BCUT2D eigenvalue weighted by Crippen LogP contribution is 2.33. The van der Waals surface area contributed by atoms with Crippen LogP contribution in [0.5, 0.6) is 0 Å². The SMILES string of the molecule is C=Nc1c(/C(=N\C)OCC2CC2)cc(I)n1S(=O)(=O)c1ccccc1. The van der Waals surface area contributed by atoms with Crippen molar-refractivity contribution in [3.05, 3.63) is 45.7 Å². The molecule has 1 aliphatic rings. The molecule has 0 saturated heterocycles. The molecule has 25 heavy (non-hydrogen) atoms. The van der Waals surface area contributed by atoms with Crippen molar-refractivity contribution in [1.82, 2.24) is 3.97 Å². The van der Waals surface area contributed by atoms with Crippen LogP contribution in [0.3, 0.4) is 0 Å². The van der Waals surface area contributed by atoms with Gasteiger partial charge in [-0.2, -0.15) is 0 Å². The van der Waals surface area contributed by atoms with Crippen LogP contribution < -0.4 is 0 Å². The molecule has 0 amide bonds. The summed E-state index contributed by atoms with van der Waals surface area (Å²) in [6, 6.07) is 9.95. The molecule has 1 fully saturated rings. The fourth-order valence-corrected chi connectivity index (χ4v) is 5.13. The Morgan fingerprint density at radius 2 is 2.04 bits per heavy atom. The number of ether oxygens (including phenoxy) is 1. The molecule has 1 aliphatic carbocycles. The maximum Gasteiger partial charge on any atom is 0.270 e. The largest absolute Gasteiger partial charge is 0.477 e. The van der Waals surface area contributed by atoms with Crippen molar-refractivity contribution in [3.8, 4) is 0 Å². The molecule has 1 heterocycles. The van der Waals surface area contributed by atoms with Crippen molar-refractivity contribution in [3.63, 3.8) is 0 Å². The molecule has 1 aromatic heterocycles. The van der Waals surface area contributed by atoms with Crippen LogP contribution in [0.15, 0.2) is 51.3 Å². The Kier molecular flexibility index (Phi) is 5.28. The normalized spacial score (nSPS) is 15.2. The van der Waals surface area contributed by atoms with Gasteiger partial charge in [-0.05, 0) is 66.3 Å². The molecule has 6 nitrogen and oxygen atoms in total. The number of hydrogen-bond donors (Lipinski definition) is 0. The van der Waals surface area contributed by atoms with Gasteiger partial charge in [0, 0.05) is 7.05 Å². The number of benzene rings is 1. The Morgan fingerprint density at radius 1 is 1.36 bits per heavy atom. The summed E-state index contributed by atoms with van der Waals surface area (Å²) in [7, 11) is -2.17. The summed E-state index contributed by atoms with van der Waals surface area (Å²) in [6.07, 6.45) is 2.31. The molecule has 0 bridgehead atoms. The first kappa shape index (κ1) is 18.1. The number of aliphatic imine (C=N–C) groups is 2. The summed E-state index contributed by atoms with van der Waals surface area (Å²) in [4.78, 5) is 8.32. The highest BCUT2D eigenvalue weighted by Gasteiger charge is 2.29. The summed E-state index contributed by atoms with van der Waals surface area (Å²) < 4.78 is 33.5. The third kappa shape index (κ3) is 3.64. The van der Waals surface area contributed by atoms with E-state index >= 15 is 0 Å². The van der Waals surface area contributed by atoms with E-state index in [1.165, 1.54) is 3.97 Å². The van der Waals surface area contributed by atoms with Gasteiger partial charge in [0.1, 0.15) is 0 Å². The van der Waals surface area contributed by atoms with Crippen LogP contribution in [0.2, 0.25) is 0 Å². The van der Waals surface area contributed by atoms with Crippen LogP contribution in [0, 0.1) is 9.62 Å². The molecule has 0 unspecified atom stereocenters. The van der Waals surface area contributed by atoms with Crippen molar-refractivity contribution < 1.29 is 13.2 Å². The molecule has 0 aliphatic heterocycles. The van der Waals surface area contributed by atoms with Gasteiger partial charge in [-0.15, -0.1) is 0 Å². The van der Waals surface area contributed by atoms with Crippen molar-refractivity contribution in [1.29, 1.82) is 0 Å². The van der Waals surface area contributed by atoms with Gasteiger partial charge in [-0.25, -0.2) is 17.4 Å². The van der Waals surface area contributed by atoms with Crippen molar-refractivity contribution in [2.24, 2.45) is 15.9 Å². The van der Waals surface area contributed by atoms with Gasteiger partial charge >= 0.3 is 0 Å². The topological polar surface area (TPSA) is 73.0 Å². The predicted octanol–water partition coefficient (Wildman–Crippen LogP) is 3.46. The Labute approximate surface area is 160 Å². The minimum atomic E-state index is -3.79. The number of aromatic nitrogens is 1. The van der Waals surface area contributed by atoms with E-state index in [0.717, 1.165) is 12.8 Å². The van der Waals surface area contributed by atoms with Crippen LogP contribution >= 0.6 is 22.6 Å². The summed E-state index contributed by atoms with van der Waals surface area (Å²) in [5.74, 6) is 1.16. The van der Waals surface area contributed by atoms with Crippen molar-refractivity contribution >= 4 is 51.0 Å². The molecule has 8 heteroatoms. The molecule has 2 aromatic rings. The number of rotatable bonds is 6. The van der Waals surface area contributed by atoms with E-state index in [-0.39, 0.29) is 10.7 Å². The van der Waals surface area contributed by atoms with E-state index in [2.05, 4.69) is 16.7 Å². The van der Waals surface area contributed by atoms with Gasteiger partial charge in [-0.3, -0.25) is 4.99 Å². The Balaban J connectivity index is 2.06. The first-order valence-corrected chi connectivity index (χ1v) is 10.3. The zero-order valence-corrected chi connectivity index (χ0v) is 16.7. The molecule has 0 spiro atoms. The Bertz CT molecular complexity index is 916. The van der Waals surface area contributed by atoms with Crippen molar-refractivity contribution in [2.75, 3.05) is 13.7 Å². The van der Waals surface area contributed by atoms with Gasteiger partial charge in [0.15, 0.2) is 5.82 Å². The molecule has 132 valence electrons. The summed E-state index contributed by atoms with van der Waals surface area (Å²) in [5.41, 5.74) is 0.530. The summed E-state index contributed by atoms with van der Waals surface area (Å²) >= 11 is 1.97. The minimum absolute atomic E-state index is 0.189. The maximum absolute atomic E-state index is 13.0. The first-order chi connectivity index (χ1) is 12.0. The van der Waals surface area contributed by atoms with Gasteiger partial charge in [-0.1, -0.05) is 18.2 Å². The Hall–Kier alpha value is -1.68. The van der Waals surface area contributed by atoms with E-state index in [4.69, 9.17) is 4.74 Å². The maximum atomic E-state index is 13.0. The summed E-state index contributed by atoms with van der Waals surface area (Å²) in [6.45, 7) is 4.13. The lowest BCUT2D eigenvalue weighted by molar-refractivity contribution is 0.287. The van der Waals surface area contributed by atoms with Crippen LogP contribution in [0.1, 0.15) is 18.4 Å². The second-order valence-corrected chi connectivity index (χ2v) is 8.62. The van der Waals surface area contributed by atoms with Crippen LogP contribution in [-0.2, 0) is 14.8 Å². The number of nitrogens with zero attached hydrogens (tertiary/aromatic N) is 3. The quantitative estimate of drug-likeness (QED) is 0.368. The minimum Gasteiger partial charge on any atom is -0.477 e. The highest BCUT2D eigenvalue weighted by atomic mass is 127. The lowest BCUT2D eigenvalue weighted by atomic mass is 10.3. The van der Waals surface area contributed by atoms with Gasteiger partial charge in [0.2, 0.25) is 5.90 Å². The standard InChI is InChI=1S/C17H18IN3O3S/c1-19-16-14(17(20-2)24-11-12-8-9-12)10-15(18)21(16)25(22,23)13-6-4-3-5-7-13/h3-7,10,12H,1,8-9,11H2,2H3/b20-17+. The number of hydrogen-bond acceptors (Lipinski definition) is 5. The van der Waals surface area contributed by atoms with Crippen LogP contribution in [0.25, 0.3) is 0 Å². The first-order valence-electron chi connectivity index (χ1n) is 7.77. The average Bonchev–Trinajstić information content (AvgIpc) is 3.37. The van der Waals surface area contributed by atoms with Crippen LogP contribution in [-0.4, -0.2) is 38.7 Å². The van der Waals surface area contributed by atoms with Gasteiger partial charge in [0.05, 0.1) is 20.8 Å². The van der Waals surface area contributed by atoms with Gasteiger partial charge < -0.3 is 4.74 Å². The monoisotopic (exact) mass is 471 g/mol. The van der Waals surface area contributed by atoms with Gasteiger partial charge in [0.25, 0.3) is 10.0 Å². The molecule has 0 N–H and O–H groups in total. The fraction of sp³-hybridized carbons (Fsp3) is 0.294. The molecule has 0 atom stereocenters. The van der Waals surface area contributed by atoms with E-state index in [1.807, 2.05) is 22.6 Å². The van der Waals surface area contributed by atoms with E-state index < -0.39 is 10.0 Å². The average molecular weight is 471 g/mol. The lowest BCUT2D eigenvalue weighted by Gasteiger charge is -2.11. The molecule has 3 rings (SSSR count). The number of halogens is 1. The fourth-order valence-electron chi connectivity index (χ4n) is 2.43. The Morgan fingerprint density at radius 3 is 2.60 bits per heavy atom. The summed E-state index contributed by atoms with van der Waals surface area (Å²) in [5, 5.41) is 0. The zero-order chi connectivity index (χ0) is 18.0. The molecular weight excluding hydrogens is 453 g/mol. The molecule has 1 aromatic carbocycles. The second-order valence-electron chi connectivity index (χ2n) is 5.73. The lowest BCUT2D eigenvalue weighted by Crippen LogP contribution is -2.15. The third-order valence-corrected chi connectivity index (χ3v) is 6.75. The third-order valence-electron chi connectivity index (χ3n) is 3.91. The van der Waals surface area contributed by atoms with E-state index in [9.17, 15) is 8.42 Å². The van der Waals surface area contributed by atoms with Crippen LogP contribution in [0.4, 0.5) is 5.82 Å². The zero-order valence-electron chi connectivity index (χ0n) is 13.7. The predicted molar refractivity (Wildman–Crippen MR) is 107 cm³/mol. The van der Waals surface area contributed by atoms with Crippen molar-refractivity contribution in [2.45, 2.75) is 17.7 Å². The highest BCUT2D eigenvalue weighted by molar-refractivity contribution is 14.1. The second kappa shape index (κ2) is 7.28. The molecular formula is C17H18IN3O3S. The van der Waals surface area contributed by atoms with E-state index in [1.54, 1.807) is 43.4 Å². The smallest absolute Gasteiger partial charge is 0.270 e. The van der Waals surface area contributed by atoms with E-state index in [0.29, 0.717) is 27.7 Å². The molecule has 1 saturated carbocycles. The molecule has 0 radical (unpaired) electrons.